The number of hydrogen-bond donors (Lipinski definition) is 1. The van der Waals surface area contributed by atoms with Gasteiger partial charge in [-0.25, -0.2) is 0 Å². The van der Waals surface area contributed by atoms with Gasteiger partial charge in [0.2, 0.25) is 5.89 Å². The van der Waals surface area contributed by atoms with E-state index in [1.165, 1.54) is 25.7 Å². The van der Waals surface area contributed by atoms with Crippen molar-refractivity contribution < 1.29 is 4.52 Å². The third-order valence-corrected chi connectivity index (χ3v) is 4.23. The van der Waals surface area contributed by atoms with E-state index < -0.39 is 0 Å². The summed E-state index contributed by atoms with van der Waals surface area (Å²) in [5.74, 6) is 1.65. The fourth-order valence-corrected chi connectivity index (χ4v) is 3.14. The average molecular weight is 264 g/mol. The monoisotopic (exact) mass is 264 g/mol. The van der Waals surface area contributed by atoms with Crippen molar-refractivity contribution in [3.63, 3.8) is 0 Å². The van der Waals surface area contributed by atoms with Gasteiger partial charge < -0.3 is 9.84 Å². The minimum atomic E-state index is 0.662. The maximum Gasteiger partial charge on any atom is 0.240 e. The lowest BCUT2D eigenvalue weighted by Gasteiger charge is -2.21. The van der Waals surface area contributed by atoms with Crippen molar-refractivity contribution >= 4 is 0 Å². The lowest BCUT2D eigenvalue weighted by molar-refractivity contribution is 0.216. The predicted octanol–water partition coefficient (Wildman–Crippen LogP) is 1.74. The van der Waals surface area contributed by atoms with Gasteiger partial charge >= 0.3 is 0 Å². The molecule has 1 aromatic rings. The zero-order valence-electron chi connectivity index (χ0n) is 11.8. The molecule has 2 bridgehead atoms. The minimum Gasteiger partial charge on any atom is -0.338 e. The molecule has 1 N–H and O–H groups in total. The summed E-state index contributed by atoms with van der Waals surface area (Å²) in [7, 11) is 0. The van der Waals surface area contributed by atoms with E-state index in [1.807, 2.05) is 0 Å². The van der Waals surface area contributed by atoms with Crippen LogP contribution in [0, 0.1) is 0 Å². The third kappa shape index (κ3) is 3.34. The molecule has 0 radical (unpaired) electrons. The minimum absolute atomic E-state index is 0.662. The van der Waals surface area contributed by atoms with E-state index in [4.69, 9.17) is 4.52 Å². The number of hydrogen-bond acceptors (Lipinski definition) is 5. The molecule has 0 saturated carbocycles. The highest BCUT2D eigenvalue weighted by Crippen LogP contribution is 2.21. The standard InChI is InChI=1S/C14H24N4O/c1-2-3-4-13-16-14(19-17-13)10-18-8-7-11-5-6-12(9-18)15-11/h11-12,15H,2-10H2,1H3. The number of rotatable bonds is 5. The summed E-state index contributed by atoms with van der Waals surface area (Å²) in [4.78, 5) is 6.95. The second-order valence-electron chi connectivity index (χ2n) is 5.87. The molecule has 0 aliphatic carbocycles. The van der Waals surface area contributed by atoms with Crippen LogP contribution < -0.4 is 5.32 Å². The number of nitrogens with zero attached hydrogens (tertiary/aromatic N) is 3. The summed E-state index contributed by atoms with van der Waals surface area (Å²) in [6.45, 7) is 5.24. The predicted molar refractivity (Wildman–Crippen MR) is 72.7 cm³/mol. The van der Waals surface area contributed by atoms with E-state index in [0.717, 1.165) is 50.2 Å². The summed E-state index contributed by atoms with van der Waals surface area (Å²) in [5, 5.41) is 7.76. The topological polar surface area (TPSA) is 54.2 Å². The van der Waals surface area contributed by atoms with Crippen LogP contribution in [0.2, 0.25) is 0 Å². The fraction of sp³-hybridized carbons (Fsp3) is 0.857. The van der Waals surface area contributed by atoms with Crippen molar-refractivity contribution in [3.8, 4) is 0 Å². The van der Waals surface area contributed by atoms with Gasteiger partial charge in [0.1, 0.15) is 0 Å². The third-order valence-electron chi connectivity index (χ3n) is 4.23. The molecule has 3 heterocycles. The Morgan fingerprint density at radius 1 is 1.32 bits per heavy atom. The fourth-order valence-electron chi connectivity index (χ4n) is 3.14. The van der Waals surface area contributed by atoms with Gasteiger partial charge in [-0.3, -0.25) is 4.90 Å². The molecule has 3 rings (SSSR count). The van der Waals surface area contributed by atoms with E-state index >= 15 is 0 Å². The Kier molecular flexibility index (Phi) is 4.13. The van der Waals surface area contributed by atoms with Gasteiger partial charge in [-0.05, 0) is 25.7 Å². The van der Waals surface area contributed by atoms with E-state index in [0.29, 0.717) is 6.04 Å². The van der Waals surface area contributed by atoms with E-state index in [2.05, 4.69) is 27.3 Å². The Bertz CT molecular complexity index is 406. The normalized spacial score (nSPS) is 27.6. The Balaban J connectivity index is 1.54. The zero-order valence-corrected chi connectivity index (χ0v) is 11.8. The Labute approximate surface area is 114 Å². The lowest BCUT2D eigenvalue weighted by Crippen LogP contribution is -2.35. The van der Waals surface area contributed by atoms with Gasteiger partial charge in [-0.15, -0.1) is 0 Å². The zero-order chi connectivity index (χ0) is 13.1. The van der Waals surface area contributed by atoms with Gasteiger partial charge in [0.05, 0.1) is 6.54 Å². The van der Waals surface area contributed by atoms with Gasteiger partial charge in [-0.2, -0.15) is 4.98 Å². The second-order valence-corrected chi connectivity index (χ2v) is 5.87. The molecular weight excluding hydrogens is 240 g/mol. The van der Waals surface area contributed by atoms with Crippen LogP contribution in [0.5, 0.6) is 0 Å². The molecule has 2 aliphatic heterocycles. The summed E-state index contributed by atoms with van der Waals surface area (Å²) in [6, 6.07) is 1.40. The molecule has 2 fully saturated rings. The number of nitrogens with one attached hydrogen (secondary N) is 1. The molecule has 19 heavy (non-hydrogen) atoms. The van der Waals surface area contributed by atoms with Crippen molar-refractivity contribution in [2.75, 3.05) is 13.1 Å². The molecule has 2 atom stereocenters. The average Bonchev–Trinajstić information content (AvgIpc) is 2.97. The first-order valence-corrected chi connectivity index (χ1v) is 7.63. The smallest absolute Gasteiger partial charge is 0.240 e. The number of likely N-dealkylation sites (tertiary alicyclic amines) is 1. The van der Waals surface area contributed by atoms with Crippen LogP contribution in [-0.4, -0.2) is 40.2 Å². The summed E-state index contributed by atoms with van der Waals surface area (Å²) in [5.41, 5.74) is 0. The number of aromatic nitrogens is 2. The number of unbranched alkanes of at least 4 members (excludes halogenated alkanes) is 1. The quantitative estimate of drug-likeness (QED) is 0.878. The van der Waals surface area contributed by atoms with Crippen molar-refractivity contribution in [1.29, 1.82) is 0 Å². The first kappa shape index (κ1) is 13.1. The van der Waals surface area contributed by atoms with E-state index in [1.54, 1.807) is 0 Å². The van der Waals surface area contributed by atoms with E-state index in [-0.39, 0.29) is 0 Å². The molecule has 106 valence electrons. The molecule has 1 aromatic heterocycles. The first-order chi connectivity index (χ1) is 9.33. The molecular formula is C14H24N4O. The van der Waals surface area contributed by atoms with Crippen LogP contribution in [-0.2, 0) is 13.0 Å². The highest BCUT2D eigenvalue weighted by Gasteiger charge is 2.29. The van der Waals surface area contributed by atoms with Crippen LogP contribution in [0.3, 0.4) is 0 Å². The largest absolute Gasteiger partial charge is 0.338 e. The van der Waals surface area contributed by atoms with Crippen molar-refractivity contribution in [3.05, 3.63) is 11.7 Å². The number of fused-ring (bicyclic) bond motifs is 2. The molecule has 0 amide bonds. The van der Waals surface area contributed by atoms with E-state index in [9.17, 15) is 0 Å². The van der Waals surface area contributed by atoms with Gasteiger partial charge in [0.25, 0.3) is 0 Å². The molecule has 5 nitrogen and oxygen atoms in total. The number of aryl methyl sites for hydroxylation is 1. The van der Waals surface area contributed by atoms with Crippen molar-refractivity contribution in [2.24, 2.45) is 0 Å². The molecule has 2 aliphatic rings. The van der Waals surface area contributed by atoms with Crippen LogP contribution in [0.15, 0.2) is 4.52 Å². The molecule has 2 saturated heterocycles. The maximum atomic E-state index is 5.36. The van der Waals surface area contributed by atoms with Gasteiger partial charge in [0, 0.05) is 31.6 Å². The molecule has 0 spiro atoms. The highest BCUT2D eigenvalue weighted by atomic mass is 16.5. The van der Waals surface area contributed by atoms with Crippen LogP contribution >= 0.6 is 0 Å². The first-order valence-electron chi connectivity index (χ1n) is 7.63. The lowest BCUT2D eigenvalue weighted by atomic mass is 10.1. The molecule has 5 heteroatoms. The van der Waals surface area contributed by atoms with Crippen molar-refractivity contribution in [1.82, 2.24) is 20.4 Å². The molecule has 0 aromatic carbocycles. The van der Waals surface area contributed by atoms with Crippen LogP contribution in [0.4, 0.5) is 0 Å². The summed E-state index contributed by atoms with van der Waals surface area (Å²) in [6.07, 6.45) is 7.15. The second kappa shape index (κ2) is 6.01. The highest BCUT2D eigenvalue weighted by molar-refractivity contribution is 4.92. The Morgan fingerprint density at radius 2 is 2.21 bits per heavy atom. The van der Waals surface area contributed by atoms with Crippen LogP contribution in [0.25, 0.3) is 0 Å². The summed E-state index contributed by atoms with van der Waals surface area (Å²) < 4.78 is 5.36. The van der Waals surface area contributed by atoms with Gasteiger partial charge in [-0.1, -0.05) is 18.5 Å². The maximum absolute atomic E-state index is 5.36. The van der Waals surface area contributed by atoms with Crippen LogP contribution in [0.1, 0.15) is 50.7 Å². The Hall–Kier alpha value is -0.940. The SMILES string of the molecule is CCCCc1noc(CN2CCC3CCC(C2)N3)n1. The van der Waals surface area contributed by atoms with Gasteiger partial charge in [0.15, 0.2) is 5.82 Å². The van der Waals surface area contributed by atoms with Crippen molar-refractivity contribution in [2.45, 2.75) is 64.1 Å². The summed E-state index contributed by atoms with van der Waals surface area (Å²) >= 11 is 0. The Morgan fingerprint density at radius 3 is 3.11 bits per heavy atom. The molecule has 2 unspecified atom stereocenters.